The highest BCUT2D eigenvalue weighted by atomic mass is 32.1. The largest absolute Gasteiger partial charge is 0.389 e. The van der Waals surface area contributed by atoms with Crippen LogP contribution in [0.3, 0.4) is 0 Å². The van der Waals surface area contributed by atoms with Crippen LogP contribution in [-0.2, 0) is 0 Å². The van der Waals surface area contributed by atoms with Crippen molar-refractivity contribution in [1.82, 2.24) is 4.98 Å². The van der Waals surface area contributed by atoms with Crippen molar-refractivity contribution >= 4 is 21.5 Å². The highest BCUT2D eigenvalue weighted by Crippen LogP contribution is 2.36. The second-order valence-corrected chi connectivity index (χ2v) is 6.71. The van der Waals surface area contributed by atoms with Gasteiger partial charge in [0, 0.05) is 13.1 Å². The van der Waals surface area contributed by atoms with Crippen LogP contribution >= 0.6 is 11.3 Å². The first-order valence-electron chi connectivity index (χ1n) is 5.93. The number of anilines is 2. The summed E-state index contributed by atoms with van der Waals surface area (Å²) in [6.45, 7) is 9.27. The van der Waals surface area contributed by atoms with E-state index in [1.54, 1.807) is 17.5 Å². The summed E-state index contributed by atoms with van der Waals surface area (Å²) in [5.74, 6) is 0.834. The van der Waals surface area contributed by atoms with Crippen molar-refractivity contribution in [3.63, 3.8) is 0 Å². The molecule has 1 aliphatic rings. The Labute approximate surface area is 102 Å². The van der Waals surface area contributed by atoms with E-state index in [9.17, 15) is 0 Å². The maximum Gasteiger partial charge on any atom is 0.187 e. The summed E-state index contributed by atoms with van der Waals surface area (Å²) in [5, 5.41) is 1.90. The number of hydrogen-bond acceptors (Lipinski definition) is 4. The molecule has 1 aromatic rings. The Hall–Kier alpha value is -0.770. The van der Waals surface area contributed by atoms with E-state index in [0.29, 0.717) is 5.41 Å². The van der Waals surface area contributed by atoms with Gasteiger partial charge in [-0.25, -0.2) is 4.98 Å². The predicted octanol–water partition coefficient (Wildman–Crippen LogP) is 2.99. The third-order valence-electron chi connectivity index (χ3n) is 3.50. The van der Waals surface area contributed by atoms with Crippen LogP contribution in [0.1, 0.15) is 33.6 Å². The molecule has 0 aliphatic carbocycles. The minimum atomic E-state index is 0.438. The number of nitrogens with two attached hydrogens (primary N) is 1. The van der Waals surface area contributed by atoms with Gasteiger partial charge in [0.25, 0.3) is 0 Å². The average molecular weight is 239 g/mol. The fourth-order valence-electron chi connectivity index (χ4n) is 2.36. The highest BCUT2D eigenvalue weighted by molar-refractivity contribution is 7.19. The Morgan fingerprint density at radius 3 is 2.44 bits per heavy atom. The Morgan fingerprint density at radius 1 is 1.38 bits per heavy atom. The van der Waals surface area contributed by atoms with E-state index in [0.717, 1.165) is 29.1 Å². The van der Waals surface area contributed by atoms with Gasteiger partial charge in [0.05, 0.1) is 6.20 Å². The van der Waals surface area contributed by atoms with E-state index in [1.807, 2.05) is 0 Å². The lowest BCUT2D eigenvalue weighted by Crippen LogP contribution is -2.37. The molecule has 1 aromatic heterocycles. The summed E-state index contributed by atoms with van der Waals surface area (Å²) < 4.78 is 0. The third-order valence-corrected chi connectivity index (χ3v) is 4.39. The second kappa shape index (κ2) is 4.24. The topological polar surface area (TPSA) is 42.2 Å². The Balaban J connectivity index is 1.95. The molecule has 0 aromatic carbocycles. The van der Waals surface area contributed by atoms with Crippen molar-refractivity contribution in [1.29, 1.82) is 0 Å². The molecule has 90 valence electrons. The lowest BCUT2D eigenvalue weighted by molar-refractivity contribution is 0.199. The minimum absolute atomic E-state index is 0.438. The summed E-state index contributed by atoms with van der Waals surface area (Å²) in [4.78, 5) is 6.71. The van der Waals surface area contributed by atoms with Crippen LogP contribution in [-0.4, -0.2) is 18.1 Å². The first kappa shape index (κ1) is 11.7. The standard InChI is InChI=1S/C12H21N3S/c1-12(2,3)9-4-6-15(7-5-9)11-14-8-10(13)16-11/h8-9H,4-7,13H2,1-3H3. The van der Waals surface area contributed by atoms with Crippen LogP contribution in [0.25, 0.3) is 0 Å². The molecule has 16 heavy (non-hydrogen) atoms. The van der Waals surface area contributed by atoms with E-state index in [-0.39, 0.29) is 0 Å². The van der Waals surface area contributed by atoms with Crippen LogP contribution in [0, 0.1) is 11.3 Å². The molecule has 0 radical (unpaired) electrons. The van der Waals surface area contributed by atoms with Gasteiger partial charge in [0.2, 0.25) is 0 Å². The molecule has 0 saturated carbocycles. The van der Waals surface area contributed by atoms with Gasteiger partial charge in [-0.15, -0.1) is 0 Å². The molecular weight excluding hydrogens is 218 g/mol. The van der Waals surface area contributed by atoms with Gasteiger partial charge < -0.3 is 10.6 Å². The van der Waals surface area contributed by atoms with E-state index in [1.165, 1.54) is 12.8 Å². The van der Waals surface area contributed by atoms with Crippen LogP contribution in [0.5, 0.6) is 0 Å². The summed E-state index contributed by atoms with van der Waals surface area (Å²) in [6, 6.07) is 0. The molecule has 0 spiro atoms. The quantitative estimate of drug-likeness (QED) is 0.819. The zero-order valence-electron chi connectivity index (χ0n) is 10.4. The van der Waals surface area contributed by atoms with Crippen LogP contribution in [0.15, 0.2) is 6.20 Å². The smallest absolute Gasteiger partial charge is 0.187 e. The summed E-state index contributed by atoms with van der Waals surface area (Å²) in [5.41, 5.74) is 6.15. The average Bonchev–Trinajstić information content (AvgIpc) is 2.64. The number of piperidine rings is 1. The second-order valence-electron chi connectivity index (χ2n) is 5.67. The molecular formula is C12H21N3S. The first-order valence-corrected chi connectivity index (χ1v) is 6.75. The number of thiazole rings is 1. The monoisotopic (exact) mass is 239 g/mol. The van der Waals surface area contributed by atoms with Crippen molar-refractivity contribution in [3.8, 4) is 0 Å². The fraction of sp³-hybridized carbons (Fsp3) is 0.750. The van der Waals surface area contributed by atoms with E-state index < -0.39 is 0 Å². The minimum Gasteiger partial charge on any atom is -0.389 e. The van der Waals surface area contributed by atoms with Crippen molar-refractivity contribution < 1.29 is 0 Å². The summed E-state index contributed by atoms with van der Waals surface area (Å²) >= 11 is 1.60. The van der Waals surface area contributed by atoms with Gasteiger partial charge in [0.1, 0.15) is 5.00 Å². The van der Waals surface area contributed by atoms with Gasteiger partial charge in [0.15, 0.2) is 5.13 Å². The molecule has 4 heteroatoms. The summed E-state index contributed by atoms with van der Waals surface area (Å²) in [7, 11) is 0. The molecule has 2 N–H and O–H groups in total. The van der Waals surface area contributed by atoms with Crippen molar-refractivity contribution in [2.24, 2.45) is 11.3 Å². The highest BCUT2D eigenvalue weighted by Gasteiger charge is 2.29. The third kappa shape index (κ3) is 2.48. The van der Waals surface area contributed by atoms with E-state index in [2.05, 4.69) is 30.7 Å². The first-order chi connectivity index (χ1) is 7.47. The van der Waals surface area contributed by atoms with Gasteiger partial charge in [-0.1, -0.05) is 32.1 Å². The lowest BCUT2D eigenvalue weighted by Gasteiger charge is -2.38. The molecule has 0 bridgehead atoms. The maximum atomic E-state index is 5.71. The molecule has 1 saturated heterocycles. The van der Waals surface area contributed by atoms with Gasteiger partial charge in [-0.2, -0.15) is 0 Å². The van der Waals surface area contributed by atoms with Gasteiger partial charge >= 0.3 is 0 Å². The van der Waals surface area contributed by atoms with Crippen LogP contribution < -0.4 is 10.6 Å². The van der Waals surface area contributed by atoms with E-state index in [4.69, 9.17) is 5.73 Å². The van der Waals surface area contributed by atoms with Crippen LogP contribution in [0.4, 0.5) is 10.1 Å². The number of rotatable bonds is 1. The number of nitrogen functional groups attached to an aromatic ring is 1. The van der Waals surface area contributed by atoms with Crippen molar-refractivity contribution in [2.45, 2.75) is 33.6 Å². The van der Waals surface area contributed by atoms with Crippen molar-refractivity contribution in [2.75, 3.05) is 23.7 Å². The van der Waals surface area contributed by atoms with Crippen molar-refractivity contribution in [3.05, 3.63) is 6.20 Å². The molecule has 1 aliphatic heterocycles. The molecule has 2 heterocycles. The number of hydrogen-bond donors (Lipinski definition) is 1. The Kier molecular flexibility index (Phi) is 3.10. The van der Waals surface area contributed by atoms with Gasteiger partial charge in [-0.3, -0.25) is 0 Å². The normalized spacial score (nSPS) is 19.1. The molecule has 3 nitrogen and oxygen atoms in total. The SMILES string of the molecule is CC(C)(C)C1CCN(c2ncc(N)s2)CC1. The lowest BCUT2D eigenvalue weighted by atomic mass is 9.75. The van der Waals surface area contributed by atoms with E-state index >= 15 is 0 Å². The fourth-order valence-corrected chi connectivity index (χ4v) is 3.09. The predicted molar refractivity (Wildman–Crippen MR) is 70.9 cm³/mol. The maximum absolute atomic E-state index is 5.71. The van der Waals surface area contributed by atoms with Gasteiger partial charge in [-0.05, 0) is 24.2 Å². The molecule has 0 atom stereocenters. The number of aromatic nitrogens is 1. The van der Waals surface area contributed by atoms with Crippen LogP contribution in [0.2, 0.25) is 0 Å². The molecule has 0 unspecified atom stereocenters. The summed E-state index contributed by atoms with van der Waals surface area (Å²) in [6.07, 6.45) is 4.29. The number of nitrogens with zero attached hydrogens (tertiary/aromatic N) is 2. The zero-order valence-corrected chi connectivity index (χ0v) is 11.2. The molecule has 2 rings (SSSR count). The molecule has 1 fully saturated rings. The Morgan fingerprint density at radius 2 is 2.00 bits per heavy atom. The zero-order chi connectivity index (χ0) is 11.8. The molecule has 0 amide bonds. The Bertz CT molecular complexity index is 345.